The Bertz CT molecular complexity index is 862. The molecule has 0 fully saturated rings. The molecule has 24 heavy (non-hydrogen) atoms. The molecular weight excluding hydrogens is 431 g/mol. The van der Waals surface area contributed by atoms with Crippen LogP contribution in [-0.4, -0.2) is 12.2 Å². The van der Waals surface area contributed by atoms with Gasteiger partial charge in [-0.25, -0.2) is 0 Å². The largest absolute Gasteiger partial charge is 0.497 e. The van der Waals surface area contributed by atoms with Gasteiger partial charge in [-0.2, -0.15) is 0 Å². The molecule has 0 spiro atoms. The summed E-state index contributed by atoms with van der Waals surface area (Å²) < 4.78 is 6.60. The Morgan fingerprint density at radius 3 is 2.83 bits per heavy atom. The number of methoxy groups -OCH3 is 1. The maximum Gasteiger partial charge on any atom is 0.171 e. The monoisotopic (exact) mass is 448 g/mol. The van der Waals surface area contributed by atoms with Gasteiger partial charge in [0.15, 0.2) is 5.11 Å². The topological polar surface area (TPSA) is 33.3 Å². The minimum absolute atomic E-state index is 0.138. The molecule has 1 atom stereocenters. The standard InChI is InChI=1S/C19H17IN2OS/c1-23-14-6-8-15-11(10-14)5-7-16-17(21-19(24)22-18(15)16)12-3-2-4-13(20)9-12/h2-4,6,8-10,17H,5,7H2,1H3,(H2,21,22,24)/t17-/m1/s1. The SMILES string of the molecule is COc1ccc2c(c1)CCC1=C2NC(=S)N[C@@H]1c1cccc(I)c1. The summed E-state index contributed by atoms with van der Waals surface area (Å²) >= 11 is 7.83. The zero-order valence-electron chi connectivity index (χ0n) is 13.2. The average molecular weight is 448 g/mol. The van der Waals surface area contributed by atoms with Crippen molar-refractivity contribution in [3.05, 3.63) is 68.3 Å². The molecule has 1 heterocycles. The summed E-state index contributed by atoms with van der Waals surface area (Å²) in [7, 11) is 1.71. The van der Waals surface area contributed by atoms with E-state index in [2.05, 4.69) is 69.6 Å². The number of halogens is 1. The fourth-order valence-electron chi connectivity index (χ4n) is 3.49. The van der Waals surface area contributed by atoms with Crippen LogP contribution in [-0.2, 0) is 6.42 Å². The molecule has 3 nitrogen and oxygen atoms in total. The average Bonchev–Trinajstić information content (AvgIpc) is 2.60. The minimum Gasteiger partial charge on any atom is -0.497 e. The Kier molecular flexibility index (Phi) is 4.22. The van der Waals surface area contributed by atoms with Gasteiger partial charge in [-0.15, -0.1) is 0 Å². The number of aryl methyl sites for hydroxylation is 1. The number of hydrogen-bond acceptors (Lipinski definition) is 2. The summed E-state index contributed by atoms with van der Waals surface area (Å²) in [5.41, 5.74) is 6.34. The first-order chi connectivity index (χ1) is 11.7. The number of benzene rings is 2. The molecule has 0 amide bonds. The van der Waals surface area contributed by atoms with E-state index in [0.717, 1.165) is 24.3 Å². The smallest absolute Gasteiger partial charge is 0.171 e. The number of rotatable bonds is 2. The molecule has 0 saturated heterocycles. The second-order valence-electron chi connectivity index (χ2n) is 6.01. The van der Waals surface area contributed by atoms with E-state index < -0.39 is 0 Å². The van der Waals surface area contributed by atoms with Crippen LogP contribution in [0.1, 0.15) is 29.2 Å². The molecule has 0 aromatic heterocycles. The van der Waals surface area contributed by atoms with Crippen molar-refractivity contribution in [2.75, 3.05) is 7.11 Å². The molecule has 2 aromatic carbocycles. The summed E-state index contributed by atoms with van der Waals surface area (Å²) in [5.74, 6) is 0.906. The third-order valence-corrected chi connectivity index (χ3v) is 5.50. The van der Waals surface area contributed by atoms with E-state index in [0.29, 0.717) is 5.11 Å². The van der Waals surface area contributed by atoms with Crippen LogP contribution in [0.15, 0.2) is 48.0 Å². The highest BCUT2D eigenvalue weighted by Gasteiger charge is 2.30. The van der Waals surface area contributed by atoms with Crippen LogP contribution in [0.2, 0.25) is 0 Å². The van der Waals surface area contributed by atoms with Gasteiger partial charge in [0.2, 0.25) is 0 Å². The normalized spacial score (nSPS) is 19.1. The fourth-order valence-corrected chi connectivity index (χ4v) is 4.28. The Morgan fingerprint density at radius 1 is 1.17 bits per heavy atom. The van der Waals surface area contributed by atoms with Gasteiger partial charge < -0.3 is 15.4 Å². The molecule has 0 bridgehead atoms. The Hall–Kier alpha value is -1.60. The van der Waals surface area contributed by atoms with Crippen molar-refractivity contribution in [1.29, 1.82) is 0 Å². The van der Waals surface area contributed by atoms with Crippen molar-refractivity contribution in [1.82, 2.24) is 10.6 Å². The van der Waals surface area contributed by atoms with E-state index in [9.17, 15) is 0 Å². The Labute approximate surface area is 160 Å². The number of hydrogen-bond donors (Lipinski definition) is 2. The summed E-state index contributed by atoms with van der Waals surface area (Å²) in [6, 6.07) is 15.0. The lowest BCUT2D eigenvalue weighted by molar-refractivity contribution is 0.414. The van der Waals surface area contributed by atoms with Crippen LogP contribution < -0.4 is 15.4 Å². The van der Waals surface area contributed by atoms with Crippen LogP contribution in [0.3, 0.4) is 0 Å². The molecule has 2 aliphatic rings. The third-order valence-electron chi connectivity index (χ3n) is 4.61. The van der Waals surface area contributed by atoms with Gasteiger partial charge >= 0.3 is 0 Å². The first kappa shape index (κ1) is 15.9. The van der Waals surface area contributed by atoms with Crippen molar-refractivity contribution in [3.63, 3.8) is 0 Å². The lowest BCUT2D eigenvalue weighted by Crippen LogP contribution is -2.44. The summed E-state index contributed by atoms with van der Waals surface area (Å²) in [4.78, 5) is 0. The molecule has 2 aromatic rings. The van der Waals surface area contributed by atoms with Gasteiger partial charge in [-0.05, 0) is 94.7 Å². The molecule has 0 radical (unpaired) electrons. The summed E-state index contributed by atoms with van der Waals surface area (Å²) in [5, 5.41) is 7.51. The summed E-state index contributed by atoms with van der Waals surface area (Å²) in [6.07, 6.45) is 2.02. The first-order valence-corrected chi connectivity index (χ1v) is 9.38. The van der Waals surface area contributed by atoms with Crippen molar-refractivity contribution in [2.45, 2.75) is 18.9 Å². The van der Waals surface area contributed by atoms with Gasteiger partial charge in [-0.1, -0.05) is 12.1 Å². The molecule has 2 N–H and O–H groups in total. The first-order valence-electron chi connectivity index (χ1n) is 7.89. The van der Waals surface area contributed by atoms with E-state index in [4.69, 9.17) is 17.0 Å². The zero-order chi connectivity index (χ0) is 16.7. The van der Waals surface area contributed by atoms with Crippen LogP contribution >= 0.6 is 34.8 Å². The Morgan fingerprint density at radius 2 is 2.04 bits per heavy atom. The molecule has 1 aliphatic heterocycles. The van der Waals surface area contributed by atoms with Gasteiger partial charge in [0.25, 0.3) is 0 Å². The van der Waals surface area contributed by atoms with Crippen LogP contribution in [0.5, 0.6) is 5.75 Å². The molecule has 1 aliphatic carbocycles. The predicted molar refractivity (Wildman–Crippen MR) is 109 cm³/mol. The van der Waals surface area contributed by atoms with Crippen LogP contribution in [0, 0.1) is 3.57 Å². The molecule has 5 heteroatoms. The lowest BCUT2D eigenvalue weighted by atomic mass is 9.83. The number of thiocarbonyl (C=S) groups is 1. The zero-order valence-corrected chi connectivity index (χ0v) is 16.2. The van der Waals surface area contributed by atoms with E-state index in [1.807, 2.05) is 6.07 Å². The Balaban J connectivity index is 1.83. The van der Waals surface area contributed by atoms with E-state index in [-0.39, 0.29) is 6.04 Å². The number of ether oxygens (including phenoxy) is 1. The number of nitrogens with one attached hydrogen (secondary N) is 2. The van der Waals surface area contributed by atoms with Crippen LogP contribution in [0.4, 0.5) is 0 Å². The maximum atomic E-state index is 5.48. The van der Waals surface area contributed by atoms with Crippen molar-refractivity contribution in [3.8, 4) is 5.75 Å². The quantitative estimate of drug-likeness (QED) is 0.534. The highest BCUT2D eigenvalue weighted by molar-refractivity contribution is 14.1. The predicted octanol–water partition coefficient (Wildman–Crippen LogP) is 4.18. The second kappa shape index (κ2) is 6.37. The summed E-state index contributed by atoms with van der Waals surface area (Å²) in [6.45, 7) is 0. The molecule has 4 rings (SSSR count). The number of fused-ring (bicyclic) bond motifs is 2. The fraction of sp³-hybridized carbons (Fsp3) is 0.211. The molecule has 122 valence electrons. The molecule has 0 unspecified atom stereocenters. The third kappa shape index (κ3) is 2.80. The van der Waals surface area contributed by atoms with E-state index in [1.54, 1.807) is 7.11 Å². The molecular formula is C19H17IN2OS. The maximum absolute atomic E-state index is 5.48. The van der Waals surface area contributed by atoms with Crippen molar-refractivity contribution < 1.29 is 4.74 Å². The highest BCUT2D eigenvalue weighted by atomic mass is 127. The van der Waals surface area contributed by atoms with E-state index >= 15 is 0 Å². The van der Waals surface area contributed by atoms with Crippen LogP contribution in [0.25, 0.3) is 5.70 Å². The molecule has 0 saturated carbocycles. The van der Waals surface area contributed by atoms with Crippen molar-refractivity contribution in [2.24, 2.45) is 0 Å². The minimum atomic E-state index is 0.138. The van der Waals surface area contributed by atoms with Gasteiger partial charge in [0.1, 0.15) is 5.75 Å². The van der Waals surface area contributed by atoms with Gasteiger partial charge in [-0.3, -0.25) is 0 Å². The van der Waals surface area contributed by atoms with E-state index in [1.165, 1.54) is 25.8 Å². The van der Waals surface area contributed by atoms with Gasteiger partial charge in [0.05, 0.1) is 13.2 Å². The highest BCUT2D eigenvalue weighted by Crippen LogP contribution is 2.39. The van der Waals surface area contributed by atoms with Gasteiger partial charge in [0, 0.05) is 14.8 Å². The van der Waals surface area contributed by atoms with Crippen molar-refractivity contribution >= 4 is 45.6 Å². The lowest BCUT2D eigenvalue weighted by Gasteiger charge is -2.36. The second-order valence-corrected chi connectivity index (χ2v) is 7.66.